The van der Waals surface area contributed by atoms with Crippen LogP contribution < -0.4 is 0 Å². The number of hydrogen-bond donors (Lipinski definition) is 1. The third-order valence-electron chi connectivity index (χ3n) is 2.63. The lowest BCUT2D eigenvalue weighted by Gasteiger charge is -2.02. The standard InChI is InChI=1S/C13H9BrN4/c14-12-2-1-10(7-16-12)13-11(8-17-18-13)9-3-5-15-6-4-9/h1-8H,(H,17,18). The van der Waals surface area contributed by atoms with Gasteiger partial charge in [0.25, 0.3) is 0 Å². The molecule has 3 aromatic heterocycles. The third-order valence-corrected chi connectivity index (χ3v) is 3.10. The topological polar surface area (TPSA) is 54.5 Å². The fourth-order valence-corrected chi connectivity index (χ4v) is 2.01. The second-order valence-corrected chi connectivity index (χ2v) is 4.57. The van der Waals surface area contributed by atoms with Crippen molar-refractivity contribution in [2.75, 3.05) is 0 Å². The Labute approximate surface area is 112 Å². The van der Waals surface area contributed by atoms with Crippen molar-refractivity contribution in [3.63, 3.8) is 0 Å². The van der Waals surface area contributed by atoms with Crippen LogP contribution in [0.2, 0.25) is 0 Å². The number of aromatic nitrogens is 4. The van der Waals surface area contributed by atoms with Crippen molar-refractivity contribution >= 4 is 15.9 Å². The Morgan fingerprint density at radius 1 is 1.00 bits per heavy atom. The van der Waals surface area contributed by atoms with Gasteiger partial charge in [0, 0.05) is 35.9 Å². The van der Waals surface area contributed by atoms with E-state index in [0.717, 1.165) is 27.0 Å². The number of rotatable bonds is 2. The lowest BCUT2D eigenvalue weighted by atomic mass is 10.0. The second kappa shape index (κ2) is 4.70. The Kier molecular flexibility index (Phi) is 2.90. The van der Waals surface area contributed by atoms with Crippen LogP contribution in [0, 0.1) is 0 Å². The Bertz CT molecular complexity index is 646. The van der Waals surface area contributed by atoms with Crippen LogP contribution in [0.3, 0.4) is 0 Å². The van der Waals surface area contributed by atoms with Crippen LogP contribution in [0.15, 0.2) is 53.7 Å². The molecule has 3 aromatic rings. The van der Waals surface area contributed by atoms with Crippen LogP contribution in [0.25, 0.3) is 22.4 Å². The monoisotopic (exact) mass is 300 g/mol. The second-order valence-electron chi connectivity index (χ2n) is 3.75. The van der Waals surface area contributed by atoms with Crippen molar-refractivity contribution in [3.8, 4) is 22.4 Å². The van der Waals surface area contributed by atoms with Crippen molar-refractivity contribution < 1.29 is 0 Å². The molecule has 3 heterocycles. The van der Waals surface area contributed by atoms with Gasteiger partial charge in [0.2, 0.25) is 0 Å². The summed E-state index contributed by atoms with van der Waals surface area (Å²) in [7, 11) is 0. The molecule has 0 aromatic carbocycles. The van der Waals surface area contributed by atoms with Crippen molar-refractivity contribution in [2.24, 2.45) is 0 Å². The van der Waals surface area contributed by atoms with Gasteiger partial charge in [0.15, 0.2) is 0 Å². The van der Waals surface area contributed by atoms with Crippen molar-refractivity contribution in [3.05, 3.63) is 53.7 Å². The van der Waals surface area contributed by atoms with E-state index in [4.69, 9.17) is 0 Å². The minimum absolute atomic E-state index is 0.812. The summed E-state index contributed by atoms with van der Waals surface area (Å²) >= 11 is 3.32. The van der Waals surface area contributed by atoms with E-state index in [0.29, 0.717) is 0 Å². The van der Waals surface area contributed by atoms with Gasteiger partial charge in [-0.25, -0.2) is 4.98 Å². The van der Waals surface area contributed by atoms with E-state index in [1.807, 2.05) is 30.5 Å². The molecule has 18 heavy (non-hydrogen) atoms. The fraction of sp³-hybridized carbons (Fsp3) is 0. The van der Waals surface area contributed by atoms with Crippen molar-refractivity contribution in [2.45, 2.75) is 0 Å². The van der Waals surface area contributed by atoms with E-state index < -0.39 is 0 Å². The summed E-state index contributed by atoms with van der Waals surface area (Å²) in [4.78, 5) is 8.24. The lowest BCUT2D eigenvalue weighted by Crippen LogP contribution is -1.84. The van der Waals surface area contributed by atoms with E-state index in [9.17, 15) is 0 Å². The molecule has 88 valence electrons. The highest BCUT2D eigenvalue weighted by molar-refractivity contribution is 9.10. The average molecular weight is 301 g/mol. The maximum Gasteiger partial charge on any atom is 0.106 e. The van der Waals surface area contributed by atoms with Gasteiger partial charge in [-0.15, -0.1) is 0 Å². The zero-order valence-corrected chi connectivity index (χ0v) is 10.9. The fourth-order valence-electron chi connectivity index (χ4n) is 1.78. The summed E-state index contributed by atoms with van der Waals surface area (Å²) in [5.74, 6) is 0. The Morgan fingerprint density at radius 3 is 2.56 bits per heavy atom. The molecule has 3 rings (SSSR count). The number of nitrogens with zero attached hydrogens (tertiary/aromatic N) is 3. The molecule has 0 aliphatic heterocycles. The molecule has 0 aliphatic rings. The molecule has 0 saturated carbocycles. The number of nitrogens with one attached hydrogen (secondary N) is 1. The zero-order chi connectivity index (χ0) is 12.4. The van der Waals surface area contributed by atoms with Gasteiger partial charge in [-0.05, 0) is 45.8 Å². The molecule has 5 heteroatoms. The number of H-pyrrole nitrogens is 1. The summed E-state index contributed by atoms with van der Waals surface area (Å²) in [5.41, 5.74) is 3.99. The van der Waals surface area contributed by atoms with Crippen LogP contribution in [0.4, 0.5) is 0 Å². The molecule has 0 amide bonds. The highest BCUT2D eigenvalue weighted by atomic mass is 79.9. The number of hydrogen-bond acceptors (Lipinski definition) is 3. The number of halogens is 1. The Hall–Kier alpha value is -2.01. The molecular weight excluding hydrogens is 292 g/mol. The van der Waals surface area contributed by atoms with Crippen LogP contribution in [-0.2, 0) is 0 Å². The van der Waals surface area contributed by atoms with Gasteiger partial charge in [-0.2, -0.15) is 5.10 Å². The maximum atomic E-state index is 4.29. The molecule has 0 bridgehead atoms. The molecule has 0 atom stereocenters. The van der Waals surface area contributed by atoms with E-state index in [2.05, 4.69) is 36.1 Å². The molecule has 0 spiro atoms. The largest absolute Gasteiger partial charge is 0.284 e. The maximum absolute atomic E-state index is 4.29. The van der Waals surface area contributed by atoms with Crippen molar-refractivity contribution in [1.82, 2.24) is 20.2 Å². The molecule has 0 fully saturated rings. The van der Waals surface area contributed by atoms with Crippen LogP contribution in [0.1, 0.15) is 0 Å². The number of pyridine rings is 2. The first-order chi connectivity index (χ1) is 8.84. The third kappa shape index (κ3) is 2.04. The van der Waals surface area contributed by atoms with Crippen LogP contribution in [0.5, 0.6) is 0 Å². The van der Waals surface area contributed by atoms with Crippen molar-refractivity contribution in [1.29, 1.82) is 0 Å². The summed E-state index contributed by atoms with van der Waals surface area (Å²) in [6, 6.07) is 7.81. The predicted molar refractivity (Wildman–Crippen MR) is 72.7 cm³/mol. The quantitative estimate of drug-likeness (QED) is 0.739. The van der Waals surface area contributed by atoms with E-state index in [1.165, 1.54) is 0 Å². The molecule has 0 radical (unpaired) electrons. The first-order valence-electron chi connectivity index (χ1n) is 5.41. The molecule has 0 aliphatic carbocycles. The summed E-state index contributed by atoms with van der Waals surface area (Å²) in [5, 5.41) is 7.19. The first-order valence-corrected chi connectivity index (χ1v) is 6.20. The summed E-state index contributed by atoms with van der Waals surface area (Å²) in [6.45, 7) is 0. The van der Waals surface area contributed by atoms with Crippen LogP contribution in [-0.4, -0.2) is 20.2 Å². The van der Waals surface area contributed by atoms with Gasteiger partial charge < -0.3 is 0 Å². The van der Waals surface area contributed by atoms with E-state index >= 15 is 0 Å². The SMILES string of the molecule is Brc1ccc(-c2n[nH]cc2-c2ccncc2)cn1. The van der Waals surface area contributed by atoms with E-state index in [1.54, 1.807) is 18.6 Å². The lowest BCUT2D eigenvalue weighted by molar-refractivity contribution is 1.09. The first kappa shape index (κ1) is 11.1. The number of aromatic amines is 1. The van der Waals surface area contributed by atoms with Gasteiger partial charge in [-0.1, -0.05) is 0 Å². The average Bonchev–Trinajstić information content (AvgIpc) is 2.90. The van der Waals surface area contributed by atoms with Gasteiger partial charge >= 0.3 is 0 Å². The summed E-state index contributed by atoms with van der Waals surface area (Å²) in [6.07, 6.45) is 7.22. The molecular formula is C13H9BrN4. The van der Waals surface area contributed by atoms with Gasteiger partial charge in [0.05, 0.1) is 0 Å². The van der Waals surface area contributed by atoms with Gasteiger partial charge in [0.1, 0.15) is 10.3 Å². The normalized spacial score (nSPS) is 10.5. The molecule has 1 N–H and O–H groups in total. The van der Waals surface area contributed by atoms with Crippen LogP contribution >= 0.6 is 15.9 Å². The molecule has 0 unspecified atom stereocenters. The van der Waals surface area contributed by atoms with E-state index in [-0.39, 0.29) is 0 Å². The smallest absolute Gasteiger partial charge is 0.106 e. The predicted octanol–water partition coefficient (Wildman–Crippen LogP) is 3.30. The molecule has 0 saturated heterocycles. The Morgan fingerprint density at radius 2 is 1.83 bits per heavy atom. The minimum Gasteiger partial charge on any atom is -0.284 e. The summed E-state index contributed by atoms with van der Waals surface area (Å²) < 4.78 is 0.812. The minimum atomic E-state index is 0.812. The van der Waals surface area contributed by atoms with Gasteiger partial charge in [-0.3, -0.25) is 10.1 Å². The Balaban J connectivity index is 2.10. The zero-order valence-electron chi connectivity index (χ0n) is 9.34. The molecule has 4 nitrogen and oxygen atoms in total. The highest BCUT2D eigenvalue weighted by Crippen LogP contribution is 2.29. The highest BCUT2D eigenvalue weighted by Gasteiger charge is 2.10.